The van der Waals surface area contributed by atoms with Gasteiger partial charge in [0.15, 0.2) is 17.5 Å². The predicted octanol–water partition coefficient (Wildman–Crippen LogP) is 3.97. The molecule has 7 nitrogen and oxygen atoms in total. The van der Waals surface area contributed by atoms with Crippen molar-refractivity contribution < 1.29 is 14.3 Å². The van der Waals surface area contributed by atoms with Gasteiger partial charge in [0.25, 0.3) is 0 Å². The first-order valence-corrected chi connectivity index (χ1v) is 10.1. The number of methoxy groups -OCH3 is 2. The molecule has 2 rings (SSSR count). The summed E-state index contributed by atoms with van der Waals surface area (Å²) in [6.45, 7) is 3.32. The van der Waals surface area contributed by atoms with Crippen LogP contribution in [0, 0.1) is 0 Å². The Morgan fingerprint density at radius 1 is 1.00 bits per heavy atom. The van der Waals surface area contributed by atoms with E-state index >= 15 is 0 Å². The summed E-state index contributed by atoms with van der Waals surface area (Å²) in [5, 5.41) is 9.54. The number of anilines is 1. The van der Waals surface area contributed by atoms with Crippen molar-refractivity contribution in [1.29, 1.82) is 0 Å². The second-order valence-electron chi connectivity index (χ2n) is 6.79. The van der Waals surface area contributed by atoms with E-state index < -0.39 is 0 Å². The van der Waals surface area contributed by atoms with Gasteiger partial charge in [0, 0.05) is 32.2 Å². The van der Waals surface area contributed by atoms with Gasteiger partial charge < -0.3 is 25.4 Å². The van der Waals surface area contributed by atoms with Crippen LogP contribution in [-0.4, -0.2) is 39.7 Å². The van der Waals surface area contributed by atoms with Gasteiger partial charge in [0.2, 0.25) is 5.91 Å². The van der Waals surface area contributed by atoms with E-state index in [1.165, 1.54) is 0 Å². The van der Waals surface area contributed by atoms with Gasteiger partial charge in [-0.2, -0.15) is 0 Å². The average Bonchev–Trinajstić information content (AvgIpc) is 2.76. The van der Waals surface area contributed by atoms with Crippen molar-refractivity contribution in [1.82, 2.24) is 10.6 Å². The van der Waals surface area contributed by atoms with Crippen molar-refractivity contribution in [2.24, 2.45) is 4.99 Å². The zero-order valence-electron chi connectivity index (χ0n) is 18.7. The van der Waals surface area contributed by atoms with E-state index in [1.807, 2.05) is 49.4 Å². The summed E-state index contributed by atoms with van der Waals surface area (Å²) >= 11 is 0. The first-order valence-electron chi connectivity index (χ1n) is 10.1. The molecule has 0 aliphatic heterocycles. The molecule has 170 valence electrons. The summed E-state index contributed by atoms with van der Waals surface area (Å²) in [6.07, 6.45) is 2.18. The molecule has 0 atom stereocenters. The van der Waals surface area contributed by atoms with Crippen molar-refractivity contribution in [3.63, 3.8) is 0 Å². The summed E-state index contributed by atoms with van der Waals surface area (Å²) in [4.78, 5) is 16.0. The number of ether oxygens (including phenoxy) is 2. The zero-order chi connectivity index (χ0) is 21.8. The van der Waals surface area contributed by atoms with E-state index in [0.29, 0.717) is 13.0 Å². The first-order chi connectivity index (χ1) is 14.6. The third-order valence-corrected chi connectivity index (χ3v) is 4.53. The van der Waals surface area contributed by atoms with E-state index in [9.17, 15) is 4.79 Å². The molecular formula is C23H33IN4O3. The van der Waals surface area contributed by atoms with Gasteiger partial charge in [-0.25, -0.2) is 0 Å². The Kier molecular flexibility index (Phi) is 12.4. The van der Waals surface area contributed by atoms with Gasteiger partial charge in [0.05, 0.1) is 14.2 Å². The number of rotatable bonds is 10. The van der Waals surface area contributed by atoms with Crippen LogP contribution in [0.25, 0.3) is 0 Å². The number of carbonyl (C=O) groups excluding carboxylic acids is 1. The van der Waals surface area contributed by atoms with Crippen molar-refractivity contribution in [3.05, 3.63) is 53.6 Å². The molecule has 0 heterocycles. The van der Waals surface area contributed by atoms with Crippen LogP contribution in [0.3, 0.4) is 0 Å². The standard InChI is InChI=1S/C23H32N4O3.HI/c1-5-7-22(28)27-19-9-6-8-18(14-19)16-26-23(24-2)25-13-12-17-10-11-20(29-3)21(15-17)30-4;/h6,8-11,14-15H,5,7,12-13,16H2,1-4H3,(H,27,28)(H2,24,25,26);1H. The molecule has 31 heavy (non-hydrogen) atoms. The highest BCUT2D eigenvalue weighted by Gasteiger charge is 2.06. The number of hydrogen-bond donors (Lipinski definition) is 3. The van der Waals surface area contributed by atoms with E-state index in [4.69, 9.17) is 9.47 Å². The molecule has 8 heteroatoms. The number of amides is 1. The third-order valence-electron chi connectivity index (χ3n) is 4.53. The van der Waals surface area contributed by atoms with Crippen LogP contribution in [0.5, 0.6) is 11.5 Å². The predicted molar refractivity (Wildman–Crippen MR) is 137 cm³/mol. The monoisotopic (exact) mass is 540 g/mol. The molecule has 0 saturated heterocycles. The molecule has 2 aromatic carbocycles. The quantitative estimate of drug-likeness (QED) is 0.242. The average molecular weight is 540 g/mol. The van der Waals surface area contributed by atoms with Crippen LogP contribution in [-0.2, 0) is 17.8 Å². The first kappa shape index (κ1) is 26.5. The molecule has 0 aliphatic rings. The number of nitrogens with one attached hydrogen (secondary N) is 3. The second-order valence-corrected chi connectivity index (χ2v) is 6.79. The lowest BCUT2D eigenvalue weighted by Gasteiger charge is -2.13. The molecule has 0 unspecified atom stereocenters. The molecule has 0 radical (unpaired) electrons. The Balaban J connectivity index is 0.00000480. The highest BCUT2D eigenvalue weighted by molar-refractivity contribution is 14.0. The van der Waals surface area contributed by atoms with Crippen molar-refractivity contribution in [2.75, 3.05) is 33.1 Å². The number of carbonyl (C=O) groups is 1. The minimum absolute atomic E-state index is 0. The lowest BCUT2D eigenvalue weighted by Crippen LogP contribution is -2.37. The molecule has 2 aromatic rings. The maximum Gasteiger partial charge on any atom is 0.224 e. The van der Waals surface area contributed by atoms with Crippen LogP contribution in [0.2, 0.25) is 0 Å². The summed E-state index contributed by atoms with van der Waals surface area (Å²) in [5.41, 5.74) is 3.02. The van der Waals surface area contributed by atoms with E-state index in [0.717, 1.165) is 53.7 Å². The molecule has 0 bridgehead atoms. The number of aliphatic imine (C=N–C) groups is 1. The SMILES string of the molecule is CCCC(=O)Nc1cccc(CNC(=NC)NCCc2ccc(OC)c(OC)c2)c1.I. The van der Waals surface area contributed by atoms with Crippen molar-refractivity contribution in [3.8, 4) is 11.5 Å². The van der Waals surface area contributed by atoms with Crippen LogP contribution in [0.1, 0.15) is 30.9 Å². The van der Waals surface area contributed by atoms with Gasteiger partial charge in [-0.05, 0) is 48.2 Å². The molecule has 0 aliphatic carbocycles. The number of benzene rings is 2. The number of hydrogen-bond acceptors (Lipinski definition) is 4. The summed E-state index contributed by atoms with van der Waals surface area (Å²) < 4.78 is 10.6. The number of nitrogens with zero attached hydrogens (tertiary/aromatic N) is 1. The minimum atomic E-state index is 0. The highest BCUT2D eigenvalue weighted by atomic mass is 127. The topological polar surface area (TPSA) is 84.0 Å². The zero-order valence-corrected chi connectivity index (χ0v) is 21.0. The smallest absolute Gasteiger partial charge is 0.224 e. The fourth-order valence-electron chi connectivity index (χ4n) is 2.98. The molecule has 0 fully saturated rings. The van der Waals surface area contributed by atoms with Crippen LogP contribution >= 0.6 is 24.0 Å². The Morgan fingerprint density at radius 2 is 1.77 bits per heavy atom. The third kappa shape index (κ3) is 9.04. The van der Waals surface area contributed by atoms with Crippen LogP contribution in [0.15, 0.2) is 47.5 Å². The molecule has 0 aromatic heterocycles. The molecule has 0 spiro atoms. The number of halogens is 1. The summed E-state index contributed by atoms with van der Waals surface area (Å²) in [6, 6.07) is 13.7. The Morgan fingerprint density at radius 3 is 2.45 bits per heavy atom. The van der Waals surface area contributed by atoms with Crippen molar-refractivity contribution >= 4 is 41.5 Å². The summed E-state index contributed by atoms with van der Waals surface area (Å²) in [5.74, 6) is 2.20. The second kappa shape index (κ2) is 14.5. The lowest BCUT2D eigenvalue weighted by atomic mass is 10.1. The van der Waals surface area contributed by atoms with E-state index in [2.05, 4.69) is 20.9 Å². The van der Waals surface area contributed by atoms with Gasteiger partial charge in [-0.15, -0.1) is 24.0 Å². The van der Waals surface area contributed by atoms with E-state index in [-0.39, 0.29) is 29.9 Å². The maximum atomic E-state index is 11.8. The lowest BCUT2D eigenvalue weighted by molar-refractivity contribution is -0.116. The normalized spacial score (nSPS) is 10.6. The van der Waals surface area contributed by atoms with Crippen molar-refractivity contribution in [2.45, 2.75) is 32.7 Å². The Bertz CT molecular complexity index is 858. The van der Waals surface area contributed by atoms with Gasteiger partial charge in [-0.3, -0.25) is 9.79 Å². The summed E-state index contributed by atoms with van der Waals surface area (Å²) in [7, 11) is 5.01. The van der Waals surface area contributed by atoms with Crippen LogP contribution in [0.4, 0.5) is 5.69 Å². The van der Waals surface area contributed by atoms with Gasteiger partial charge in [0.1, 0.15) is 0 Å². The largest absolute Gasteiger partial charge is 0.493 e. The van der Waals surface area contributed by atoms with Gasteiger partial charge >= 0.3 is 0 Å². The Labute approximate surface area is 202 Å². The molecule has 3 N–H and O–H groups in total. The molecule has 0 saturated carbocycles. The molecule has 1 amide bonds. The maximum absolute atomic E-state index is 11.8. The molecular weight excluding hydrogens is 507 g/mol. The van der Waals surface area contributed by atoms with Gasteiger partial charge in [-0.1, -0.05) is 25.1 Å². The fourth-order valence-corrected chi connectivity index (χ4v) is 2.98. The number of guanidine groups is 1. The fraction of sp³-hybridized carbons (Fsp3) is 0.391. The highest BCUT2D eigenvalue weighted by Crippen LogP contribution is 2.27. The minimum Gasteiger partial charge on any atom is -0.493 e. The Hall–Kier alpha value is -2.49. The van der Waals surface area contributed by atoms with Crippen LogP contribution < -0.4 is 25.4 Å². The van der Waals surface area contributed by atoms with E-state index in [1.54, 1.807) is 21.3 Å².